The molecule has 1 saturated heterocycles. The minimum atomic E-state index is -3.69. The second-order valence-electron chi connectivity index (χ2n) is 4.82. The lowest BCUT2D eigenvalue weighted by molar-refractivity contribution is -0.121. The number of hydrogen-bond donors (Lipinski definition) is 2. The summed E-state index contributed by atoms with van der Waals surface area (Å²) < 4.78 is 27.0. The lowest BCUT2D eigenvalue weighted by atomic mass is 10.1. The number of nitrogens with zero attached hydrogens (tertiary/aromatic N) is 1. The van der Waals surface area contributed by atoms with Crippen molar-refractivity contribution >= 4 is 22.0 Å². The number of nitrogens with one attached hydrogen (secondary N) is 1. The normalized spacial score (nSPS) is 14.8. The van der Waals surface area contributed by atoms with Crippen molar-refractivity contribution < 1.29 is 22.7 Å². The Morgan fingerprint density at radius 2 is 2.00 bits per heavy atom. The summed E-state index contributed by atoms with van der Waals surface area (Å²) >= 11 is 0. The van der Waals surface area contributed by atoms with Gasteiger partial charge in [0.05, 0.1) is 11.4 Å². The second-order valence-corrected chi connectivity index (χ2v) is 6.39. The molecule has 1 fully saturated rings. The van der Waals surface area contributed by atoms with Crippen LogP contribution in [0, 0.1) is 0 Å². The van der Waals surface area contributed by atoms with Gasteiger partial charge in [-0.15, -0.1) is 0 Å². The molecule has 0 aliphatic carbocycles. The fourth-order valence-corrected chi connectivity index (χ4v) is 2.51. The summed E-state index contributed by atoms with van der Waals surface area (Å²) in [5.41, 5.74) is 0.869. The molecule has 1 aromatic carbocycles. The summed E-state index contributed by atoms with van der Waals surface area (Å²) in [6, 6.07) is 6.13. The zero-order chi connectivity index (χ0) is 16.2. The highest BCUT2D eigenvalue weighted by atomic mass is 32.2. The zero-order valence-corrected chi connectivity index (χ0v) is 12.6. The van der Waals surface area contributed by atoms with Crippen LogP contribution in [0.15, 0.2) is 29.2 Å². The summed E-state index contributed by atoms with van der Waals surface area (Å²) in [4.78, 5) is 24.2. The third kappa shape index (κ3) is 4.43. The SMILES string of the molecule is NS(=O)(=O)c1ccc(CCNC(=O)CN2CCOC2=O)cc1. The molecule has 1 aromatic rings. The molecule has 1 aliphatic heterocycles. The number of amides is 2. The highest BCUT2D eigenvalue weighted by Gasteiger charge is 2.23. The van der Waals surface area contributed by atoms with E-state index in [9.17, 15) is 18.0 Å². The molecule has 0 aromatic heterocycles. The minimum Gasteiger partial charge on any atom is -0.448 e. The summed E-state index contributed by atoms with van der Waals surface area (Å²) in [5, 5.41) is 7.70. The monoisotopic (exact) mass is 327 g/mol. The van der Waals surface area contributed by atoms with Gasteiger partial charge in [-0.25, -0.2) is 18.4 Å². The maximum atomic E-state index is 11.7. The van der Waals surface area contributed by atoms with Crippen LogP contribution in [0.2, 0.25) is 0 Å². The van der Waals surface area contributed by atoms with Crippen LogP contribution in [0.5, 0.6) is 0 Å². The molecule has 2 amide bonds. The first kappa shape index (κ1) is 16.2. The Morgan fingerprint density at radius 3 is 2.55 bits per heavy atom. The molecule has 0 radical (unpaired) electrons. The van der Waals surface area contributed by atoms with Crippen LogP contribution in [0.4, 0.5) is 4.79 Å². The third-order valence-electron chi connectivity index (χ3n) is 3.17. The predicted octanol–water partition coefficient (Wildman–Crippen LogP) is -0.555. The van der Waals surface area contributed by atoms with Gasteiger partial charge in [0.2, 0.25) is 15.9 Å². The van der Waals surface area contributed by atoms with Gasteiger partial charge in [0.1, 0.15) is 13.2 Å². The smallest absolute Gasteiger partial charge is 0.410 e. The molecule has 2 rings (SSSR count). The number of cyclic esters (lactones) is 1. The van der Waals surface area contributed by atoms with E-state index in [0.717, 1.165) is 5.56 Å². The second kappa shape index (κ2) is 6.75. The van der Waals surface area contributed by atoms with Gasteiger partial charge < -0.3 is 10.1 Å². The first-order chi connectivity index (χ1) is 10.4. The Labute approximate surface area is 128 Å². The summed E-state index contributed by atoms with van der Waals surface area (Å²) in [6.07, 6.45) is 0.0647. The van der Waals surface area contributed by atoms with Gasteiger partial charge in [0.15, 0.2) is 0 Å². The molecule has 120 valence electrons. The summed E-state index contributed by atoms with van der Waals surface area (Å²) in [5.74, 6) is -0.264. The van der Waals surface area contributed by atoms with Crippen LogP contribution in [0.3, 0.4) is 0 Å². The number of hydrogen-bond acceptors (Lipinski definition) is 5. The maximum absolute atomic E-state index is 11.7. The van der Waals surface area contributed by atoms with Crippen LogP contribution in [-0.2, 0) is 26.0 Å². The third-order valence-corrected chi connectivity index (χ3v) is 4.10. The number of rotatable bonds is 6. The molecule has 1 heterocycles. The summed E-state index contributed by atoms with van der Waals surface area (Å²) in [6.45, 7) is 1.09. The number of carbonyl (C=O) groups excluding carboxylic acids is 2. The van der Waals surface area contributed by atoms with Crippen LogP contribution in [0.1, 0.15) is 5.56 Å². The number of sulfonamides is 1. The van der Waals surface area contributed by atoms with E-state index in [1.165, 1.54) is 17.0 Å². The quantitative estimate of drug-likeness (QED) is 0.726. The molecule has 3 N–H and O–H groups in total. The Morgan fingerprint density at radius 1 is 1.32 bits per heavy atom. The van der Waals surface area contributed by atoms with E-state index >= 15 is 0 Å². The standard InChI is InChI=1S/C13H17N3O5S/c14-22(19,20)11-3-1-10(2-4-11)5-6-15-12(17)9-16-7-8-21-13(16)18/h1-4H,5-9H2,(H,15,17)(H2,14,19,20). The average molecular weight is 327 g/mol. The average Bonchev–Trinajstić information content (AvgIpc) is 2.84. The van der Waals surface area contributed by atoms with Gasteiger partial charge in [-0.05, 0) is 24.1 Å². The lowest BCUT2D eigenvalue weighted by Gasteiger charge is -2.12. The number of primary sulfonamides is 1. The van der Waals surface area contributed by atoms with Crippen molar-refractivity contribution in [2.75, 3.05) is 26.2 Å². The van der Waals surface area contributed by atoms with Crippen molar-refractivity contribution in [2.45, 2.75) is 11.3 Å². The van der Waals surface area contributed by atoms with Gasteiger partial charge in [0, 0.05) is 6.54 Å². The molecule has 0 unspecified atom stereocenters. The molecule has 0 spiro atoms. The summed E-state index contributed by atoms with van der Waals surface area (Å²) in [7, 11) is -3.69. The number of nitrogens with two attached hydrogens (primary N) is 1. The first-order valence-corrected chi connectivity index (χ1v) is 8.21. The molecule has 0 saturated carbocycles. The topological polar surface area (TPSA) is 119 Å². The van der Waals surface area contributed by atoms with Gasteiger partial charge in [0.25, 0.3) is 0 Å². The van der Waals surface area contributed by atoms with Crippen molar-refractivity contribution in [2.24, 2.45) is 5.14 Å². The van der Waals surface area contributed by atoms with Gasteiger partial charge >= 0.3 is 6.09 Å². The van der Waals surface area contributed by atoms with Crippen molar-refractivity contribution in [3.05, 3.63) is 29.8 Å². The fourth-order valence-electron chi connectivity index (χ4n) is 1.99. The van der Waals surface area contributed by atoms with Crippen LogP contribution < -0.4 is 10.5 Å². The van der Waals surface area contributed by atoms with Gasteiger partial charge in [-0.3, -0.25) is 9.69 Å². The molecule has 1 aliphatic rings. The number of carbonyl (C=O) groups is 2. The van der Waals surface area contributed by atoms with E-state index in [1.54, 1.807) is 12.1 Å². The number of ether oxygens (including phenoxy) is 1. The van der Waals surface area contributed by atoms with Gasteiger partial charge in [-0.1, -0.05) is 12.1 Å². The van der Waals surface area contributed by atoms with Crippen LogP contribution >= 0.6 is 0 Å². The maximum Gasteiger partial charge on any atom is 0.410 e. The van der Waals surface area contributed by atoms with Gasteiger partial charge in [-0.2, -0.15) is 0 Å². The first-order valence-electron chi connectivity index (χ1n) is 6.66. The van der Waals surface area contributed by atoms with E-state index in [4.69, 9.17) is 9.88 Å². The lowest BCUT2D eigenvalue weighted by Crippen LogP contribution is -2.38. The molecule has 9 heteroatoms. The fraction of sp³-hybridized carbons (Fsp3) is 0.385. The van der Waals surface area contributed by atoms with E-state index < -0.39 is 16.1 Å². The molecular formula is C13H17N3O5S. The Bertz CT molecular complexity index is 657. The molecular weight excluding hydrogens is 310 g/mol. The largest absolute Gasteiger partial charge is 0.448 e. The Hall–Kier alpha value is -2.13. The predicted molar refractivity (Wildman–Crippen MR) is 77.4 cm³/mol. The number of benzene rings is 1. The van der Waals surface area contributed by atoms with Crippen LogP contribution in [-0.4, -0.2) is 51.6 Å². The van der Waals surface area contributed by atoms with Crippen molar-refractivity contribution in [3.8, 4) is 0 Å². The zero-order valence-electron chi connectivity index (χ0n) is 11.8. The van der Waals surface area contributed by atoms with E-state index in [-0.39, 0.29) is 17.3 Å². The highest BCUT2D eigenvalue weighted by molar-refractivity contribution is 7.89. The molecule has 0 atom stereocenters. The van der Waals surface area contributed by atoms with Crippen molar-refractivity contribution in [1.29, 1.82) is 0 Å². The van der Waals surface area contributed by atoms with E-state index in [2.05, 4.69) is 5.32 Å². The van der Waals surface area contributed by atoms with Crippen molar-refractivity contribution in [3.63, 3.8) is 0 Å². The highest BCUT2D eigenvalue weighted by Crippen LogP contribution is 2.09. The van der Waals surface area contributed by atoms with E-state index in [0.29, 0.717) is 26.1 Å². The Kier molecular flexibility index (Phi) is 4.99. The van der Waals surface area contributed by atoms with E-state index in [1.807, 2.05) is 0 Å². The molecule has 22 heavy (non-hydrogen) atoms. The molecule has 8 nitrogen and oxygen atoms in total. The minimum absolute atomic E-state index is 0.0246. The van der Waals surface area contributed by atoms with Crippen molar-refractivity contribution in [1.82, 2.24) is 10.2 Å². The Balaban J connectivity index is 1.76. The van der Waals surface area contributed by atoms with Crippen LogP contribution in [0.25, 0.3) is 0 Å². The molecule has 0 bridgehead atoms.